The highest BCUT2D eigenvalue weighted by atomic mass is 16.6. The molecule has 2 amide bonds. The number of rotatable bonds is 6. The molecule has 1 unspecified atom stereocenters. The highest BCUT2D eigenvalue weighted by Crippen LogP contribution is 2.20. The minimum absolute atomic E-state index is 0.0569. The molecule has 0 aromatic heterocycles. The molecule has 0 saturated heterocycles. The van der Waals surface area contributed by atoms with Crippen LogP contribution in [0, 0.1) is 5.92 Å². The summed E-state index contributed by atoms with van der Waals surface area (Å²) in [4.78, 5) is 24.5. The molecule has 0 aliphatic heterocycles. The number of alkyl carbamates (subject to hydrolysis) is 1. The Balaban J connectivity index is 2.07. The Morgan fingerprint density at radius 1 is 0.885 bits per heavy atom. The fourth-order valence-corrected chi connectivity index (χ4v) is 2.77. The summed E-state index contributed by atoms with van der Waals surface area (Å²) in [5.41, 5.74) is 1.02. The van der Waals surface area contributed by atoms with Crippen LogP contribution in [0.3, 0.4) is 0 Å². The Morgan fingerprint density at radius 2 is 1.54 bits per heavy atom. The zero-order valence-corrected chi connectivity index (χ0v) is 16.1. The van der Waals surface area contributed by atoms with E-state index in [9.17, 15) is 9.59 Å². The Morgan fingerprint density at radius 3 is 2.15 bits per heavy atom. The van der Waals surface area contributed by atoms with Crippen LogP contribution in [0.15, 0.2) is 42.5 Å². The first-order valence-electron chi connectivity index (χ1n) is 9.04. The first kappa shape index (κ1) is 19.8. The summed E-state index contributed by atoms with van der Waals surface area (Å²) in [6, 6.07) is 13.4. The van der Waals surface area contributed by atoms with E-state index in [4.69, 9.17) is 4.74 Å². The number of hydrogen-bond donors (Lipinski definition) is 2. The standard InChI is InChI=1S/C21H28N2O3/c1-13(2)19(23-21(25)26-14(3)4)20(24)22-15(5)17-11-10-16-8-6-7-9-18(16)12-17/h6-15,19H,1-5H3,(H,22,24)(H,23,25)/t15?,19-/m0/s1. The molecule has 0 aliphatic rings. The summed E-state index contributed by atoms with van der Waals surface area (Å²) in [5, 5.41) is 7.94. The van der Waals surface area contributed by atoms with E-state index < -0.39 is 12.1 Å². The molecule has 0 bridgehead atoms. The number of benzene rings is 2. The Kier molecular flexibility index (Phi) is 6.61. The molecule has 0 saturated carbocycles. The summed E-state index contributed by atoms with van der Waals surface area (Å²) < 4.78 is 5.09. The van der Waals surface area contributed by atoms with Crippen molar-refractivity contribution in [2.45, 2.75) is 52.8 Å². The van der Waals surface area contributed by atoms with Crippen molar-refractivity contribution in [3.8, 4) is 0 Å². The van der Waals surface area contributed by atoms with Gasteiger partial charge in [-0.2, -0.15) is 0 Å². The molecule has 2 aromatic rings. The lowest BCUT2D eigenvalue weighted by Gasteiger charge is -2.24. The Hall–Kier alpha value is -2.56. The minimum Gasteiger partial charge on any atom is -0.447 e. The van der Waals surface area contributed by atoms with Gasteiger partial charge in [0.2, 0.25) is 5.91 Å². The first-order valence-corrected chi connectivity index (χ1v) is 9.04. The van der Waals surface area contributed by atoms with E-state index in [1.807, 2.05) is 51.1 Å². The topological polar surface area (TPSA) is 67.4 Å². The van der Waals surface area contributed by atoms with Crippen LogP contribution in [0.2, 0.25) is 0 Å². The van der Waals surface area contributed by atoms with E-state index in [1.165, 1.54) is 0 Å². The van der Waals surface area contributed by atoms with Gasteiger partial charge in [-0.15, -0.1) is 0 Å². The summed E-state index contributed by atoms with van der Waals surface area (Å²) in [6.07, 6.45) is -0.811. The summed E-state index contributed by atoms with van der Waals surface area (Å²) in [5.74, 6) is -0.278. The fourth-order valence-electron chi connectivity index (χ4n) is 2.77. The molecule has 26 heavy (non-hydrogen) atoms. The van der Waals surface area contributed by atoms with Gasteiger partial charge in [0.15, 0.2) is 0 Å². The average Bonchev–Trinajstić information content (AvgIpc) is 2.58. The summed E-state index contributed by atoms with van der Waals surface area (Å²) in [7, 11) is 0. The molecule has 0 spiro atoms. The molecule has 140 valence electrons. The molecule has 2 N–H and O–H groups in total. The van der Waals surface area contributed by atoms with Crippen molar-refractivity contribution in [1.82, 2.24) is 10.6 Å². The lowest BCUT2D eigenvalue weighted by Crippen LogP contribution is -2.50. The van der Waals surface area contributed by atoms with Gasteiger partial charge < -0.3 is 15.4 Å². The predicted molar refractivity (Wildman–Crippen MR) is 104 cm³/mol. The fraction of sp³-hybridized carbons (Fsp3) is 0.429. The zero-order valence-electron chi connectivity index (χ0n) is 16.1. The van der Waals surface area contributed by atoms with Gasteiger partial charge >= 0.3 is 6.09 Å². The highest BCUT2D eigenvalue weighted by Gasteiger charge is 2.26. The number of hydrogen-bond acceptors (Lipinski definition) is 3. The quantitative estimate of drug-likeness (QED) is 0.816. The second-order valence-electron chi connectivity index (χ2n) is 7.16. The molecule has 2 atom stereocenters. The van der Waals surface area contributed by atoms with Crippen molar-refractivity contribution in [1.29, 1.82) is 0 Å². The smallest absolute Gasteiger partial charge is 0.408 e. The molecule has 2 aromatic carbocycles. The van der Waals surface area contributed by atoms with Crippen LogP contribution in [0.25, 0.3) is 10.8 Å². The van der Waals surface area contributed by atoms with Gasteiger partial charge in [-0.3, -0.25) is 4.79 Å². The van der Waals surface area contributed by atoms with Crippen molar-refractivity contribution >= 4 is 22.8 Å². The molecular formula is C21H28N2O3. The van der Waals surface area contributed by atoms with Crippen LogP contribution in [-0.4, -0.2) is 24.1 Å². The molecule has 5 nitrogen and oxygen atoms in total. The van der Waals surface area contributed by atoms with Crippen LogP contribution >= 0.6 is 0 Å². The van der Waals surface area contributed by atoms with E-state index in [-0.39, 0.29) is 24.0 Å². The number of nitrogens with one attached hydrogen (secondary N) is 2. The predicted octanol–water partition coefficient (Wildman–Crippen LogP) is 4.18. The second kappa shape index (κ2) is 8.70. The lowest BCUT2D eigenvalue weighted by molar-refractivity contribution is -0.124. The second-order valence-corrected chi connectivity index (χ2v) is 7.16. The van der Waals surface area contributed by atoms with Gasteiger partial charge in [-0.1, -0.05) is 50.2 Å². The number of carbonyl (C=O) groups excluding carboxylic acids is 2. The number of carbonyl (C=O) groups is 2. The maximum Gasteiger partial charge on any atom is 0.408 e. The molecule has 5 heteroatoms. The molecule has 0 aliphatic carbocycles. The number of amides is 2. The Labute approximate surface area is 155 Å². The third-order valence-corrected chi connectivity index (χ3v) is 4.20. The van der Waals surface area contributed by atoms with Crippen LogP contribution < -0.4 is 10.6 Å². The maximum absolute atomic E-state index is 12.7. The van der Waals surface area contributed by atoms with E-state index in [1.54, 1.807) is 13.8 Å². The normalized spacial score (nSPS) is 13.5. The van der Waals surface area contributed by atoms with E-state index in [2.05, 4.69) is 22.8 Å². The van der Waals surface area contributed by atoms with Crippen LogP contribution in [-0.2, 0) is 9.53 Å². The monoisotopic (exact) mass is 356 g/mol. The molecule has 0 radical (unpaired) electrons. The van der Waals surface area contributed by atoms with E-state index in [0.29, 0.717) is 0 Å². The maximum atomic E-state index is 12.7. The molecule has 0 heterocycles. The van der Waals surface area contributed by atoms with Crippen LogP contribution in [0.1, 0.15) is 46.2 Å². The van der Waals surface area contributed by atoms with Crippen molar-refractivity contribution in [3.05, 3.63) is 48.0 Å². The van der Waals surface area contributed by atoms with Crippen LogP contribution in [0.5, 0.6) is 0 Å². The van der Waals surface area contributed by atoms with E-state index >= 15 is 0 Å². The lowest BCUT2D eigenvalue weighted by atomic mass is 10.0. The number of fused-ring (bicyclic) bond motifs is 1. The minimum atomic E-state index is -0.649. The largest absolute Gasteiger partial charge is 0.447 e. The van der Waals surface area contributed by atoms with Gasteiger partial charge in [0.1, 0.15) is 6.04 Å². The van der Waals surface area contributed by atoms with Gasteiger partial charge in [-0.25, -0.2) is 4.79 Å². The molecule has 2 rings (SSSR count). The van der Waals surface area contributed by atoms with Crippen molar-refractivity contribution in [2.24, 2.45) is 5.92 Å². The Bertz CT molecular complexity index is 771. The van der Waals surface area contributed by atoms with Gasteiger partial charge in [0.05, 0.1) is 12.1 Å². The van der Waals surface area contributed by atoms with Gasteiger partial charge in [0, 0.05) is 0 Å². The highest BCUT2D eigenvalue weighted by molar-refractivity contribution is 5.87. The molecular weight excluding hydrogens is 328 g/mol. The van der Waals surface area contributed by atoms with Gasteiger partial charge in [0.25, 0.3) is 0 Å². The zero-order chi connectivity index (χ0) is 19.3. The first-order chi connectivity index (χ1) is 12.3. The van der Waals surface area contributed by atoms with Crippen LogP contribution in [0.4, 0.5) is 4.79 Å². The van der Waals surface area contributed by atoms with Crippen molar-refractivity contribution in [2.75, 3.05) is 0 Å². The summed E-state index contributed by atoms with van der Waals surface area (Å²) >= 11 is 0. The number of ether oxygens (including phenoxy) is 1. The SMILES string of the molecule is CC(C)OC(=O)N[C@H](C(=O)NC(C)c1ccc2ccccc2c1)C(C)C. The average molecular weight is 356 g/mol. The van der Waals surface area contributed by atoms with Crippen molar-refractivity contribution in [3.63, 3.8) is 0 Å². The van der Waals surface area contributed by atoms with Gasteiger partial charge in [-0.05, 0) is 49.1 Å². The third-order valence-electron chi connectivity index (χ3n) is 4.20. The van der Waals surface area contributed by atoms with Crippen molar-refractivity contribution < 1.29 is 14.3 Å². The summed E-state index contributed by atoms with van der Waals surface area (Å²) in [6.45, 7) is 9.25. The third kappa shape index (κ3) is 5.22. The molecule has 0 fully saturated rings. The van der Waals surface area contributed by atoms with E-state index in [0.717, 1.165) is 16.3 Å².